The normalized spacial score (nSPS) is 13.1. The van der Waals surface area contributed by atoms with Crippen molar-refractivity contribution in [3.8, 4) is 16.3 Å². The average Bonchev–Trinajstić information content (AvgIpc) is 3.37. The fourth-order valence-electron chi connectivity index (χ4n) is 4.19. The first-order valence-electron chi connectivity index (χ1n) is 11.1. The van der Waals surface area contributed by atoms with Crippen LogP contribution >= 0.6 is 11.3 Å². The van der Waals surface area contributed by atoms with Gasteiger partial charge in [-0.2, -0.15) is 0 Å². The van der Waals surface area contributed by atoms with Crippen LogP contribution in [0.3, 0.4) is 0 Å². The number of benzene rings is 2. The number of imidazole rings is 1. The summed E-state index contributed by atoms with van der Waals surface area (Å²) in [5.74, 6) is 1.91. The molecule has 33 heavy (non-hydrogen) atoms. The summed E-state index contributed by atoms with van der Waals surface area (Å²) >= 11 is 1.40. The molecule has 0 saturated carbocycles. The molecule has 0 atom stereocenters. The Morgan fingerprint density at radius 3 is 2.88 bits per heavy atom. The highest BCUT2D eigenvalue weighted by Gasteiger charge is 2.17. The first-order chi connectivity index (χ1) is 16.0. The number of ether oxygens (including phenoxy) is 2. The number of anilines is 1. The number of carbonyl (C=O) groups is 1. The Morgan fingerprint density at radius 2 is 2.03 bits per heavy atom. The third-order valence-electron chi connectivity index (χ3n) is 5.89. The smallest absolute Gasteiger partial charge is 0.412 e. The van der Waals surface area contributed by atoms with E-state index >= 15 is 0 Å². The van der Waals surface area contributed by atoms with Crippen LogP contribution in [0.15, 0.2) is 36.4 Å². The van der Waals surface area contributed by atoms with Gasteiger partial charge in [0.25, 0.3) is 0 Å². The summed E-state index contributed by atoms with van der Waals surface area (Å²) in [6.45, 7) is 5.08. The topological polar surface area (TPSA) is 78.3 Å². The number of nitrogens with one attached hydrogen (secondary N) is 1. The highest BCUT2D eigenvalue weighted by Crippen LogP contribution is 2.37. The molecule has 1 amide bonds. The summed E-state index contributed by atoms with van der Waals surface area (Å²) in [6.07, 6.45) is 2.90. The fraction of sp³-hybridized carbons (Fsp3) is 0.320. The van der Waals surface area contributed by atoms with Crippen molar-refractivity contribution in [1.82, 2.24) is 14.5 Å². The standard InChI is InChI=1S/C25H26N4O3S/c1-15-7-9-18(21(12-15)31-3)24-26-16(2)23(33-24)28-25(30)32-14-17-8-10-20-19(13-17)27-22-6-4-5-11-29(20)22/h7-10,12-13H,4-6,11,14H2,1-3H3,(H,28,30). The van der Waals surface area contributed by atoms with Crippen LogP contribution in [0.25, 0.3) is 21.6 Å². The molecule has 8 heteroatoms. The van der Waals surface area contributed by atoms with Crippen LogP contribution in [0.1, 0.15) is 35.5 Å². The second-order valence-corrected chi connectivity index (χ2v) is 9.30. The van der Waals surface area contributed by atoms with Gasteiger partial charge in [-0.3, -0.25) is 5.32 Å². The van der Waals surface area contributed by atoms with E-state index in [1.807, 2.05) is 44.2 Å². The molecule has 3 heterocycles. The quantitative estimate of drug-likeness (QED) is 0.401. The lowest BCUT2D eigenvalue weighted by molar-refractivity contribution is 0.155. The molecule has 0 saturated heterocycles. The third kappa shape index (κ3) is 4.30. The van der Waals surface area contributed by atoms with Crippen molar-refractivity contribution in [1.29, 1.82) is 0 Å². The Labute approximate surface area is 196 Å². The Balaban J connectivity index is 1.26. The summed E-state index contributed by atoms with van der Waals surface area (Å²) in [5, 5.41) is 4.28. The second-order valence-electron chi connectivity index (χ2n) is 8.30. The van der Waals surface area contributed by atoms with Crippen LogP contribution in [0.2, 0.25) is 0 Å². The van der Waals surface area contributed by atoms with E-state index in [0.29, 0.717) is 5.00 Å². The van der Waals surface area contributed by atoms with E-state index in [4.69, 9.17) is 14.5 Å². The minimum atomic E-state index is -0.506. The predicted octanol–water partition coefficient (Wildman–Crippen LogP) is 5.87. The molecule has 170 valence electrons. The molecule has 0 fully saturated rings. The summed E-state index contributed by atoms with van der Waals surface area (Å²) in [6, 6.07) is 12.1. The van der Waals surface area contributed by atoms with E-state index in [-0.39, 0.29) is 6.61 Å². The van der Waals surface area contributed by atoms with Crippen molar-refractivity contribution in [2.75, 3.05) is 12.4 Å². The number of nitrogens with zero attached hydrogens (tertiary/aromatic N) is 3. The number of hydrogen-bond donors (Lipinski definition) is 1. The zero-order valence-corrected chi connectivity index (χ0v) is 19.8. The van der Waals surface area contributed by atoms with E-state index in [0.717, 1.165) is 63.0 Å². The van der Waals surface area contributed by atoms with Gasteiger partial charge in [-0.1, -0.05) is 23.5 Å². The minimum absolute atomic E-state index is 0.181. The molecule has 4 aromatic rings. The molecule has 0 unspecified atom stereocenters. The van der Waals surface area contributed by atoms with E-state index in [2.05, 4.69) is 20.9 Å². The number of fused-ring (bicyclic) bond motifs is 3. The molecular formula is C25H26N4O3S. The van der Waals surface area contributed by atoms with E-state index in [9.17, 15) is 4.79 Å². The lowest BCUT2D eigenvalue weighted by atomic mass is 10.1. The Bertz CT molecular complexity index is 1340. The highest BCUT2D eigenvalue weighted by atomic mass is 32.1. The van der Waals surface area contributed by atoms with Crippen LogP contribution in [-0.4, -0.2) is 27.7 Å². The predicted molar refractivity (Wildman–Crippen MR) is 130 cm³/mol. The molecule has 1 aliphatic rings. The maximum Gasteiger partial charge on any atom is 0.412 e. The van der Waals surface area contributed by atoms with Gasteiger partial charge in [0.1, 0.15) is 28.2 Å². The SMILES string of the molecule is COc1cc(C)ccc1-c1nc(C)c(NC(=O)OCc2ccc3c(c2)nc2n3CCCC2)s1. The van der Waals surface area contributed by atoms with Crippen molar-refractivity contribution in [3.63, 3.8) is 0 Å². The maximum absolute atomic E-state index is 12.5. The fourth-order valence-corrected chi connectivity index (χ4v) is 5.17. The Morgan fingerprint density at radius 1 is 1.15 bits per heavy atom. The van der Waals surface area contributed by atoms with Gasteiger partial charge in [0, 0.05) is 13.0 Å². The summed E-state index contributed by atoms with van der Waals surface area (Å²) in [7, 11) is 1.64. The van der Waals surface area contributed by atoms with Gasteiger partial charge in [0.15, 0.2) is 0 Å². The number of thiazole rings is 1. The van der Waals surface area contributed by atoms with Crippen molar-refractivity contribution < 1.29 is 14.3 Å². The van der Waals surface area contributed by atoms with Crippen LogP contribution in [0.4, 0.5) is 9.80 Å². The maximum atomic E-state index is 12.5. The van der Waals surface area contributed by atoms with Gasteiger partial charge in [-0.15, -0.1) is 0 Å². The molecule has 0 aliphatic carbocycles. The number of aryl methyl sites for hydroxylation is 4. The van der Waals surface area contributed by atoms with Crippen LogP contribution in [0, 0.1) is 13.8 Å². The molecule has 5 rings (SSSR count). The molecule has 7 nitrogen and oxygen atoms in total. The Kier molecular flexibility index (Phi) is 5.76. The van der Waals surface area contributed by atoms with Crippen molar-refractivity contribution in [3.05, 3.63) is 59.0 Å². The molecule has 0 bridgehead atoms. The first kappa shape index (κ1) is 21.5. The van der Waals surface area contributed by atoms with Gasteiger partial charge in [0.2, 0.25) is 0 Å². The largest absolute Gasteiger partial charge is 0.496 e. The average molecular weight is 463 g/mol. The molecule has 2 aromatic heterocycles. The third-order valence-corrected chi connectivity index (χ3v) is 7.00. The number of aromatic nitrogens is 3. The lowest BCUT2D eigenvalue weighted by Gasteiger charge is -2.13. The van der Waals surface area contributed by atoms with E-state index in [1.165, 1.54) is 24.2 Å². The lowest BCUT2D eigenvalue weighted by Crippen LogP contribution is -2.13. The molecule has 2 aromatic carbocycles. The summed E-state index contributed by atoms with van der Waals surface area (Å²) in [4.78, 5) is 21.9. The minimum Gasteiger partial charge on any atom is -0.496 e. The number of carbonyl (C=O) groups excluding carboxylic acids is 1. The van der Waals surface area contributed by atoms with Gasteiger partial charge < -0.3 is 14.0 Å². The molecule has 1 N–H and O–H groups in total. The van der Waals surface area contributed by atoms with Crippen LogP contribution in [-0.2, 0) is 24.3 Å². The Hall–Kier alpha value is -3.39. The molecular weight excluding hydrogens is 436 g/mol. The first-order valence-corrected chi connectivity index (χ1v) is 11.9. The monoisotopic (exact) mass is 462 g/mol. The van der Waals surface area contributed by atoms with Gasteiger partial charge in [-0.05, 0) is 62.1 Å². The molecule has 0 spiro atoms. The molecule has 1 aliphatic heterocycles. The van der Waals surface area contributed by atoms with Gasteiger partial charge in [0.05, 0.1) is 29.4 Å². The van der Waals surface area contributed by atoms with E-state index in [1.54, 1.807) is 7.11 Å². The van der Waals surface area contributed by atoms with Crippen molar-refractivity contribution in [2.24, 2.45) is 0 Å². The highest BCUT2D eigenvalue weighted by molar-refractivity contribution is 7.19. The van der Waals surface area contributed by atoms with Crippen molar-refractivity contribution >= 4 is 33.5 Å². The number of hydrogen-bond acceptors (Lipinski definition) is 6. The summed E-state index contributed by atoms with van der Waals surface area (Å²) < 4.78 is 13.3. The number of amides is 1. The van der Waals surface area contributed by atoms with E-state index < -0.39 is 6.09 Å². The number of methoxy groups -OCH3 is 1. The summed E-state index contributed by atoms with van der Waals surface area (Å²) in [5.41, 5.74) is 5.77. The molecule has 0 radical (unpaired) electrons. The van der Waals surface area contributed by atoms with Gasteiger partial charge in [-0.25, -0.2) is 14.8 Å². The van der Waals surface area contributed by atoms with Crippen LogP contribution < -0.4 is 10.1 Å². The zero-order chi connectivity index (χ0) is 22.9. The van der Waals surface area contributed by atoms with Crippen molar-refractivity contribution in [2.45, 2.75) is 46.3 Å². The number of rotatable bonds is 5. The second kappa shape index (κ2) is 8.86. The van der Waals surface area contributed by atoms with Crippen LogP contribution in [0.5, 0.6) is 5.75 Å². The zero-order valence-electron chi connectivity index (χ0n) is 19.0. The van der Waals surface area contributed by atoms with Gasteiger partial charge >= 0.3 is 6.09 Å².